The standard InChI is InChI=1S/C13H14BrN3O2/c1-7(14)17-6-9(5-15)10-3-8(13(16)18)4-11(19-2)12(10)17/h3-7,15H,1-2H3,(H2,16,18). The van der Waals surface area contributed by atoms with Gasteiger partial charge in [-0.25, -0.2) is 0 Å². The molecule has 0 fully saturated rings. The zero-order chi connectivity index (χ0) is 14.2. The normalized spacial score (nSPS) is 12.4. The second-order valence-corrected chi connectivity index (χ2v) is 5.47. The zero-order valence-electron chi connectivity index (χ0n) is 10.6. The molecular weight excluding hydrogens is 310 g/mol. The fourth-order valence-corrected chi connectivity index (χ4v) is 2.39. The Morgan fingerprint density at radius 2 is 2.26 bits per heavy atom. The summed E-state index contributed by atoms with van der Waals surface area (Å²) in [6.07, 6.45) is 3.09. The summed E-state index contributed by atoms with van der Waals surface area (Å²) in [5.41, 5.74) is 7.23. The Hall–Kier alpha value is -1.82. The molecule has 1 aromatic heterocycles. The predicted molar refractivity (Wildman–Crippen MR) is 78.5 cm³/mol. The first kappa shape index (κ1) is 13.6. The Morgan fingerprint density at radius 1 is 1.58 bits per heavy atom. The molecule has 1 heterocycles. The van der Waals surface area contributed by atoms with E-state index < -0.39 is 5.91 Å². The lowest BCUT2D eigenvalue weighted by Crippen LogP contribution is -2.11. The third kappa shape index (κ3) is 2.23. The quantitative estimate of drug-likeness (QED) is 0.670. The summed E-state index contributed by atoms with van der Waals surface area (Å²) < 4.78 is 7.29. The molecule has 3 N–H and O–H groups in total. The first-order valence-electron chi connectivity index (χ1n) is 5.66. The molecule has 0 bridgehead atoms. The zero-order valence-corrected chi connectivity index (χ0v) is 12.2. The maximum atomic E-state index is 11.3. The van der Waals surface area contributed by atoms with Gasteiger partial charge in [-0.05, 0) is 19.1 Å². The number of methoxy groups -OCH3 is 1. The van der Waals surface area contributed by atoms with Crippen LogP contribution in [-0.2, 0) is 0 Å². The summed E-state index contributed by atoms with van der Waals surface area (Å²) in [6.45, 7) is 1.97. The minimum atomic E-state index is -0.518. The van der Waals surface area contributed by atoms with E-state index in [1.54, 1.807) is 19.2 Å². The fraction of sp³-hybridized carbons (Fsp3) is 0.231. The molecule has 0 aliphatic carbocycles. The van der Waals surface area contributed by atoms with Gasteiger partial charge in [0.2, 0.25) is 5.91 Å². The molecular formula is C13H14BrN3O2. The van der Waals surface area contributed by atoms with Crippen molar-refractivity contribution < 1.29 is 9.53 Å². The number of aromatic nitrogens is 1. The summed E-state index contributed by atoms with van der Waals surface area (Å²) in [7, 11) is 1.54. The van der Waals surface area contributed by atoms with Gasteiger partial charge in [-0.2, -0.15) is 0 Å². The molecule has 0 radical (unpaired) electrons. The Morgan fingerprint density at radius 3 is 2.74 bits per heavy atom. The van der Waals surface area contributed by atoms with Gasteiger partial charge in [0.25, 0.3) is 0 Å². The second kappa shape index (κ2) is 5.05. The van der Waals surface area contributed by atoms with Gasteiger partial charge in [-0.15, -0.1) is 0 Å². The first-order chi connectivity index (χ1) is 8.99. The van der Waals surface area contributed by atoms with Gasteiger partial charge in [0.05, 0.1) is 17.6 Å². The van der Waals surface area contributed by atoms with Crippen LogP contribution in [-0.4, -0.2) is 23.8 Å². The van der Waals surface area contributed by atoms with Gasteiger partial charge in [-0.1, -0.05) is 15.9 Å². The van der Waals surface area contributed by atoms with E-state index >= 15 is 0 Å². The van der Waals surface area contributed by atoms with E-state index in [4.69, 9.17) is 15.9 Å². The van der Waals surface area contributed by atoms with Gasteiger partial charge >= 0.3 is 0 Å². The van der Waals surface area contributed by atoms with Crippen molar-refractivity contribution in [2.24, 2.45) is 5.73 Å². The Balaban J connectivity index is 2.90. The summed E-state index contributed by atoms with van der Waals surface area (Å²) in [6, 6.07) is 3.30. The Labute approximate surface area is 119 Å². The lowest BCUT2D eigenvalue weighted by Gasteiger charge is -2.11. The molecule has 0 saturated heterocycles. The van der Waals surface area contributed by atoms with Crippen molar-refractivity contribution in [2.75, 3.05) is 7.11 Å². The topological polar surface area (TPSA) is 81.1 Å². The number of nitrogens with one attached hydrogen (secondary N) is 1. The summed E-state index contributed by atoms with van der Waals surface area (Å²) >= 11 is 3.50. The number of rotatable bonds is 4. The first-order valence-corrected chi connectivity index (χ1v) is 6.58. The number of carbonyl (C=O) groups excluding carboxylic acids is 1. The number of fused-ring (bicyclic) bond motifs is 1. The fourth-order valence-electron chi connectivity index (χ4n) is 2.07. The van der Waals surface area contributed by atoms with Crippen LogP contribution in [0.1, 0.15) is 27.8 Å². The molecule has 1 unspecified atom stereocenters. The molecule has 1 aromatic carbocycles. The number of amides is 1. The second-order valence-electron chi connectivity index (χ2n) is 4.15. The van der Waals surface area contributed by atoms with E-state index in [9.17, 15) is 4.79 Å². The van der Waals surface area contributed by atoms with Crippen molar-refractivity contribution in [3.05, 3.63) is 29.5 Å². The largest absolute Gasteiger partial charge is 0.495 e. The number of nitrogens with zero attached hydrogens (tertiary/aromatic N) is 1. The highest BCUT2D eigenvalue weighted by Crippen LogP contribution is 2.34. The van der Waals surface area contributed by atoms with Gasteiger partial charge in [0.15, 0.2) is 0 Å². The maximum Gasteiger partial charge on any atom is 0.248 e. The predicted octanol–water partition coefficient (Wildman–Crippen LogP) is 2.66. The van der Waals surface area contributed by atoms with Crippen LogP contribution in [0.4, 0.5) is 0 Å². The molecule has 100 valence electrons. The number of benzene rings is 1. The molecule has 2 rings (SSSR count). The number of halogens is 1. The molecule has 0 spiro atoms. The van der Waals surface area contributed by atoms with Crippen LogP contribution in [0.2, 0.25) is 0 Å². The molecule has 0 aliphatic rings. The molecule has 1 amide bonds. The van der Waals surface area contributed by atoms with E-state index in [0.717, 1.165) is 10.9 Å². The lowest BCUT2D eigenvalue weighted by atomic mass is 10.1. The van der Waals surface area contributed by atoms with Crippen LogP contribution in [0.5, 0.6) is 5.75 Å². The molecule has 2 aromatic rings. The van der Waals surface area contributed by atoms with Crippen LogP contribution < -0.4 is 10.5 Å². The van der Waals surface area contributed by atoms with Crippen molar-refractivity contribution in [2.45, 2.75) is 11.9 Å². The molecule has 5 nitrogen and oxygen atoms in total. The molecule has 19 heavy (non-hydrogen) atoms. The van der Waals surface area contributed by atoms with Crippen molar-refractivity contribution in [3.8, 4) is 5.75 Å². The van der Waals surface area contributed by atoms with Crippen molar-refractivity contribution >= 4 is 39.0 Å². The molecule has 1 atom stereocenters. The van der Waals surface area contributed by atoms with E-state index in [1.807, 2.05) is 17.7 Å². The number of ether oxygens (including phenoxy) is 1. The SMILES string of the molecule is COc1cc(C(N)=O)cc2c(C=N)cn(C(C)Br)c12. The van der Waals surface area contributed by atoms with E-state index in [0.29, 0.717) is 16.9 Å². The third-order valence-electron chi connectivity index (χ3n) is 2.97. The van der Waals surface area contributed by atoms with Crippen LogP contribution in [0, 0.1) is 5.41 Å². The monoisotopic (exact) mass is 323 g/mol. The Kier molecular flexibility index (Phi) is 3.61. The van der Waals surface area contributed by atoms with E-state index in [-0.39, 0.29) is 4.95 Å². The number of primary amides is 1. The maximum absolute atomic E-state index is 11.3. The Bertz CT molecular complexity index is 661. The van der Waals surface area contributed by atoms with Gasteiger partial charge in [0, 0.05) is 28.9 Å². The minimum absolute atomic E-state index is 0.0389. The van der Waals surface area contributed by atoms with Gasteiger partial charge < -0.3 is 20.4 Å². The highest BCUT2D eigenvalue weighted by Gasteiger charge is 2.17. The van der Waals surface area contributed by atoms with Crippen molar-refractivity contribution in [1.29, 1.82) is 5.41 Å². The minimum Gasteiger partial charge on any atom is -0.495 e. The van der Waals surface area contributed by atoms with Crippen LogP contribution in [0.15, 0.2) is 18.3 Å². The average Bonchev–Trinajstić information content (AvgIpc) is 2.76. The summed E-state index contributed by atoms with van der Waals surface area (Å²) in [5, 5.41) is 8.25. The van der Waals surface area contributed by atoms with Gasteiger partial charge in [0.1, 0.15) is 5.75 Å². The average molecular weight is 324 g/mol. The number of nitrogens with two attached hydrogens (primary N) is 1. The highest BCUT2D eigenvalue weighted by atomic mass is 79.9. The van der Waals surface area contributed by atoms with E-state index in [1.165, 1.54) is 6.21 Å². The van der Waals surface area contributed by atoms with Crippen molar-refractivity contribution in [1.82, 2.24) is 4.57 Å². The smallest absolute Gasteiger partial charge is 0.248 e. The summed E-state index contributed by atoms with van der Waals surface area (Å²) in [5.74, 6) is 0.0430. The van der Waals surface area contributed by atoms with Crippen LogP contribution >= 0.6 is 15.9 Å². The number of alkyl halides is 1. The number of hydrogen-bond donors (Lipinski definition) is 2. The number of hydrogen-bond acceptors (Lipinski definition) is 3. The van der Waals surface area contributed by atoms with E-state index in [2.05, 4.69) is 15.9 Å². The number of carbonyl (C=O) groups is 1. The van der Waals surface area contributed by atoms with Crippen molar-refractivity contribution in [3.63, 3.8) is 0 Å². The van der Waals surface area contributed by atoms with Gasteiger partial charge in [-0.3, -0.25) is 4.79 Å². The third-order valence-corrected chi connectivity index (χ3v) is 3.41. The molecule has 0 saturated carbocycles. The van der Waals surface area contributed by atoms with Crippen LogP contribution in [0.3, 0.4) is 0 Å². The molecule has 6 heteroatoms. The lowest BCUT2D eigenvalue weighted by molar-refractivity contribution is 0.1000. The summed E-state index contributed by atoms with van der Waals surface area (Å²) in [4.78, 5) is 11.4. The molecule has 0 aliphatic heterocycles. The van der Waals surface area contributed by atoms with Crippen LogP contribution in [0.25, 0.3) is 10.9 Å². The highest BCUT2D eigenvalue weighted by molar-refractivity contribution is 9.09.